The first-order chi connectivity index (χ1) is 6.43. The molecule has 0 atom stereocenters. The van der Waals surface area contributed by atoms with Crippen LogP contribution in [0.1, 0.15) is 13.3 Å². The predicted octanol–water partition coefficient (Wildman–Crippen LogP) is -0.283. The summed E-state index contributed by atoms with van der Waals surface area (Å²) < 4.78 is 0. The number of rotatable bonds is 5. The highest BCUT2D eigenvalue weighted by Gasteiger charge is 1.98. The summed E-state index contributed by atoms with van der Waals surface area (Å²) in [4.78, 5) is 22.6. The van der Waals surface area contributed by atoms with Crippen LogP contribution >= 0.6 is 0 Å². The number of carbonyl (C=O) groups is 2. The Morgan fingerprint density at radius 2 is 1.93 bits per heavy atom. The van der Waals surface area contributed by atoms with Crippen LogP contribution < -0.4 is 5.11 Å². The van der Waals surface area contributed by atoms with Gasteiger partial charge in [-0.05, 0) is 19.1 Å². The lowest BCUT2D eigenvalue weighted by Gasteiger charge is -2.16. The third kappa shape index (κ3) is 5.99. The SMILES string of the molecule is CC(=O)/C=C/C=C(/CC(=O)[O-])N(C)C. The zero-order valence-corrected chi connectivity index (χ0v) is 8.61. The van der Waals surface area contributed by atoms with Gasteiger partial charge in [0, 0.05) is 32.2 Å². The molecular formula is C10H14NO3-. The molecule has 0 aliphatic carbocycles. The van der Waals surface area contributed by atoms with E-state index in [0.29, 0.717) is 5.70 Å². The summed E-state index contributed by atoms with van der Waals surface area (Å²) in [7, 11) is 3.47. The molecule has 78 valence electrons. The van der Waals surface area contributed by atoms with Crippen LogP contribution in [0.25, 0.3) is 0 Å². The van der Waals surface area contributed by atoms with Gasteiger partial charge in [-0.15, -0.1) is 0 Å². The quantitative estimate of drug-likeness (QED) is 0.448. The minimum atomic E-state index is -1.14. The summed E-state index contributed by atoms with van der Waals surface area (Å²) >= 11 is 0. The summed E-state index contributed by atoms with van der Waals surface area (Å²) in [5.41, 5.74) is 0.586. The Kier molecular flexibility index (Phi) is 5.29. The van der Waals surface area contributed by atoms with Crippen molar-refractivity contribution >= 4 is 11.8 Å². The molecule has 0 fully saturated rings. The van der Waals surface area contributed by atoms with Gasteiger partial charge in [0.15, 0.2) is 5.78 Å². The number of hydrogen-bond acceptors (Lipinski definition) is 4. The maximum Gasteiger partial charge on any atom is 0.152 e. The Morgan fingerprint density at radius 3 is 2.29 bits per heavy atom. The molecule has 0 saturated carbocycles. The second-order valence-electron chi connectivity index (χ2n) is 3.07. The number of aliphatic carboxylic acids is 1. The Hall–Kier alpha value is -1.58. The molecular weight excluding hydrogens is 182 g/mol. The van der Waals surface area contributed by atoms with Crippen LogP contribution in [0.15, 0.2) is 23.9 Å². The first-order valence-electron chi connectivity index (χ1n) is 4.18. The van der Waals surface area contributed by atoms with Crippen LogP contribution in [0.2, 0.25) is 0 Å². The lowest BCUT2D eigenvalue weighted by molar-refractivity contribution is -0.304. The zero-order chi connectivity index (χ0) is 11.1. The van der Waals surface area contributed by atoms with Crippen LogP contribution in [0.3, 0.4) is 0 Å². The maximum absolute atomic E-state index is 10.6. The van der Waals surface area contributed by atoms with Crippen molar-refractivity contribution in [3.05, 3.63) is 23.9 Å². The van der Waals surface area contributed by atoms with Gasteiger partial charge in [-0.1, -0.05) is 6.08 Å². The molecule has 0 rings (SSSR count). The van der Waals surface area contributed by atoms with Crippen LogP contribution in [0, 0.1) is 0 Å². The normalized spacial score (nSPS) is 11.8. The molecule has 0 saturated heterocycles. The lowest BCUT2D eigenvalue weighted by Crippen LogP contribution is -2.26. The first kappa shape index (κ1) is 12.4. The van der Waals surface area contributed by atoms with Crippen molar-refractivity contribution in [3.8, 4) is 0 Å². The van der Waals surface area contributed by atoms with E-state index in [1.807, 2.05) is 0 Å². The van der Waals surface area contributed by atoms with Crippen LogP contribution in [0.4, 0.5) is 0 Å². The molecule has 0 spiro atoms. The summed E-state index contributed by atoms with van der Waals surface area (Å²) in [5, 5.41) is 10.3. The average molecular weight is 196 g/mol. The average Bonchev–Trinajstić information content (AvgIpc) is 2.00. The highest BCUT2D eigenvalue weighted by molar-refractivity contribution is 5.87. The molecule has 4 nitrogen and oxygen atoms in total. The molecule has 0 aliphatic heterocycles. The van der Waals surface area contributed by atoms with Crippen LogP contribution in [-0.2, 0) is 9.59 Å². The van der Waals surface area contributed by atoms with E-state index in [1.54, 1.807) is 25.1 Å². The van der Waals surface area contributed by atoms with Crippen molar-refractivity contribution in [3.63, 3.8) is 0 Å². The third-order valence-electron chi connectivity index (χ3n) is 1.52. The molecule has 0 radical (unpaired) electrons. The second-order valence-corrected chi connectivity index (χ2v) is 3.07. The van der Waals surface area contributed by atoms with Crippen molar-refractivity contribution in [2.24, 2.45) is 0 Å². The van der Waals surface area contributed by atoms with Gasteiger partial charge in [-0.3, -0.25) is 4.79 Å². The Morgan fingerprint density at radius 1 is 1.36 bits per heavy atom. The highest BCUT2D eigenvalue weighted by atomic mass is 16.4. The summed E-state index contributed by atoms with van der Waals surface area (Å²) in [5.74, 6) is -1.21. The van der Waals surface area contributed by atoms with Gasteiger partial charge in [0.1, 0.15) is 0 Å². The van der Waals surface area contributed by atoms with E-state index in [1.165, 1.54) is 19.1 Å². The number of carboxylic acids is 1. The smallest absolute Gasteiger partial charge is 0.152 e. The van der Waals surface area contributed by atoms with Gasteiger partial charge in [-0.2, -0.15) is 0 Å². The van der Waals surface area contributed by atoms with E-state index in [4.69, 9.17) is 0 Å². The van der Waals surface area contributed by atoms with Crippen LogP contribution in [-0.4, -0.2) is 30.7 Å². The standard InChI is InChI=1S/C10H15NO3/c1-8(12)5-4-6-9(11(2)3)7-10(13)14/h4-6H,7H2,1-3H3,(H,13,14)/p-1/b5-4+,9-6-. The molecule has 0 aliphatic rings. The number of carboxylic acid groups (broad SMARTS) is 1. The zero-order valence-electron chi connectivity index (χ0n) is 8.61. The summed E-state index contributed by atoms with van der Waals surface area (Å²) in [6.45, 7) is 1.43. The van der Waals surface area contributed by atoms with Gasteiger partial charge in [0.25, 0.3) is 0 Å². The third-order valence-corrected chi connectivity index (χ3v) is 1.52. The van der Waals surface area contributed by atoms with Gasteiger partial charge in [-0.25, -0.2) is 0 Å². The molecule has 0 N–H and O–H groups in total. The monoisotopic (exact) mass is 196 g/mol. The Labute approximate surface area is 83.5 Å². The number of nitrogens with zero attached hydrogens (tertiary/aromatic N) is 1. The van der Waals surface area contributed by atoms with Gasteiger partial charge in [0.05, 0.1) is 0 Å². The predicted molar refractivity (Wildman–Crippen MR) is 51.2 cm³/mol. The fraction of sp³-hybridized carbons (Fsp3) is 0.400. The van der Waals surface area contributed by atoms with E-state index in [-0.39, 0.29) is 12.2 Å². The molecule has 14 heavy (non-hydrogen) atoms. The lowest BCUT2D eigenvalue weighted by atomic mass is 10.2. The van der Waals surface area contributed by atoms with Gasteiger partial charge in [0.2, 0.25) is 0 Å². The number of carbonyl (C=O) groups excluding carboxylic acids is 2. The van der Waals surface area contributed by atoms with E-state index >= 15 is 0 Å². The first-order valence-corrected chi connectivity index (χ1v) is 4.18. The van der Waals surface area contributed by atoms with Crippen molar-refractivity contribution in [1.82, 2.24) is 4.90 Å². The van der Waals surface area contributed by atoms with E-state index in [9.17, 15) is 14.7 Å². The topological polar surface area (TPSA) is 60.4 Å². The van der Waals surface area contributed by atoms with E-state index in [2.05, 4.69) is 0 Å². The molecule has 0 aromatic rings. The molecule has 0 heterocycles. The molecule has 0 amide bonds. The maximum atomic E-state index is 10.6. The van der Waals surface area contributed by atoms with E-state index in [0.717, 1.165) is 0 Å². The van der Waals surface area contributed by atoms with Crippen molar-refractivity contribution in [2.45, 2.75) is 13.3 Å². The minimum absolute atomic E-state index is 0.0761. The number of allylic oxidation sites excluding steroid dienone is 3. The largest absolute Gasteiger partial charge is 0.550 e. The number of hydrogen-bond donors (Lipinski definition) is 0. The molecule has 0 bridgehead atoms. The summed E-state index contributed by atoms with van der Waals surface area (Å²) in [6, 6.07) is 0. The Bertz CT molecular complexity index is 277. The Balaban J connectivity index is 4.48. The molecule has 4 heteroatoms. The van der Waals surface area contributed by atoms with Crippen molar-refractivity contribution < 1.29 is 14.7 Å². The minimum Gasteiger partial charge on any atom is -0.550 e. The van der Waals surface area contributed by atoms with Crippen molar-refractivity contribution in [1.29, 1.82) is 0 Å². The molecule has 0 aromatic heterocycles. The fourth-order valence-corrected chi connectivity index (χ4v) is 0.809. The van der Waals surface area contributed by atoms with Crippen molar-refractivity contribution in [2.75, 3.05) is 14.1 Å². The second kappa shape index (κ2) is 5.96. The molecule has 0 aromatic carbocycles. The highest BCUT2D eigenvalue weighted by Crippen LogP contribution is 2.03. The van der Waals surface area contributed by atoms with Crippen LogP contribution in [0.5, 0.6) is 0 Å². The fourth-order valence-electron chi connectivity index (χ4n) is 0.809. The van der Waals surface area contributed by atoms with Gasteiger partial charge >= 0.3 is 0 Å². The molecule has 0 unspecified atom stereocenters. The number of ketones is 1. The van der Waals surface area contributed by atoms with E-state index < -0.39 is 5.97 Å². The van der Waals surface area contributed by atoms with Gasteiger partial charge < -0.3 is 14.8 Å². The summed E-state index contributed by atoms with van der Waals surface area (Å²) in [6.07, 6.45) is 4.33.